The summed E-state index contributed by atoms with van der Waals surface area (Å²) in [6.07, 6.45) is 2.88. The predicted molar refractivity (Wildman–Crippen MR) is 79.8 cm³/mol. The summed E-state index contributed by atoms with van der Waals surface area (Å²) in [5.74, 6) is -0.157. The lowest BCUT2D eigenvalue weighted by molar-refractivity contribution is -0.111. The second-order valence-corrected chi connectivity index (χ2v) is 6.58. The first-order valence-corrected chi connectivity index (χ1v) is 8.04. The fraction of sp³-hybridized carbons (Fsp3) is 0.357. The number of methoxy groups -OCH3 is 1. The Morgan fingerprint density at radius 2 is 2.05 bits per heavy atom. The van der Waals surface area contributed by atoms with Gasteiger partial charge in [-0.05, 0) is 31.1 Å². The average molecular weight is 310 g/mol. The number of rotatable bonds is 5. The number of nitrogens with zero attached hydrogens (tertiary/aromatic N) is 1. The summed E-state index contributed by atoms with van der Waals surface area (Å²) >= 11 is 0. The lowest BCUT2D eigenvalue weighted by Crippen LogP contribution is -2.28. The van der Waals surface area contributed by atoms with Gasteiger partial charge in [-0.25, -0.2) is 8.42 Å². The fourth-order valence-corrected chi connectivity index (χ4v) is 3.87. The van der Waals surface area contributed by atoms with Gasteiger partial charge in [0.2, 0.25) is 15.9 Å². The van der Waals surface area contributed by atoms with E-state index < -0.39 is 10.0 Å². The molecule has 0 spiro atoms. The molecule has 114 valence electrons. The van der Waals surface area contributed by atoms with Crippen LogP contribution in [0.1, 0.15) is 12.8 Å². The minimum Gasteiger partial charge on any atom is -0.495 e. The number of hydrogen-bond donors (Lipinski definition) is 1. The van der Waals surface area contributed by atoms with Gasteiger partial charge in [0.25, 0.3) is 0 Å². The van der Waals surface area contributed by atoms with Crippen LogP contribution >= 0.6 is 0 Å². The quantitative estimate of drug-likeness (QED) is 0.838. The molecule has 0 aromatic heterocycles. The number of anilines is 1. The lowest BCUT2D eigenvalue weighted by atomic mass is 10.3. The van der Waals surface area contributed by atoms with E-state index in [1.807, 2.05) is 0 Å². The molecule has 21 heavy (non-hydrogen) atoms. The van der Waals surface area contributed by atoms with Gasteiger partial charge >= 0.3 is 0 Å². The van der Waals surface area contributed by atoms with Crippen LogP contribution in [0.3, 0.4) is 0 Å². The molecule has 6 nitrogen and oxygen atoms in total. The third-order valence-electron chi connectivity index (χ3n) is 3.30. The molecule has 1 aliphatic rings. The van der Waals surface area contributed by atoms with E-state index in [2.05, 4.69) is 11.9 Å². The molecule has 1 saturated heterocycles. The van der Waals surface area contributed by atoms with Gasteiger partial charge in [-0.1, -0.05) is 6.58 Å². The first kappa shape index (κ1) is 15.5. The molecule has 0 unspecified atom stereocenters. The summed E-state index contributed by atoms with van der Waals surface area (Å²) in [5.41, 5.74) is 0.456. The largest absolute Gasteiger partial charge is 0.495 e. The summed E-state index contributed by atoms with van der Waals surface area (Å²) < 4.78 is 31.7. The summed E-state index contributed by atoms with van der Waals surface area (Å²) in [7, 11) is -2.16. The van der Waals surface area contributed by atoms with Crippen molar-refractivity contribution in [2.45, 2.75) is 17.7 Å². The number of benzene rings is 1. The Morgan fingerprint density at radius 1 is 1.38 bits per heavy atom. The Labute approximate surface area is 124 Å². The number of carbonyl (C=O) groups is 1. The molecule has 1 heterocycles. The van der Waals surface area contributed by atoms with E-state index in [0.29, 0.717) is 18.8 Å². The molecule has 7 heteroatoms. The number of amides is 1. The van der Waals surface area contributed by atoms with Gasteiger partial charge in [-0.2, -0.15) is 4.31 Å². The third kappa shape index (κ3) is 3.25. The molecule has 0 saturated carbocycles. The molecule has 1 N–H and O–H groups in total. The summed E-state index contributed by atoms with van der Waals surface area (Å²) in [5, 5.41) is 2.57. The van der Waals surface area contributed by atoms with Crippen LogP contribution in [0, 0.1) is 0 Å². The second kappa shape index (κ2) is 6.28. The van der Waals surface area contributed by atoms with E-state index in [1.54, 1.807) is 0 Å². The molecule has 0 radical (unpaired) electrons. The van der Waals surface area contributed by atoms with E-state index in [9.17, 15) is 13.2 Å². The molecule has 2 rings (SSSR count). The molecular weight excluding hydrogens is 292 g/mol. The molecule has 1 amide bonds. The Morgan fingerprint density at radius 3 is 2.62 bits per heavy atom. The van der Waals surface area contributed by atoms with Crippen LogP contribution in [-0.4, -0.2) is 38.8 Å². The van der Waals surface area contributed by atoms with Crippen molar-refractivity contribution >= 4 is 21.6 Å². The van der Waals surface area contributed by atoms with Gasteiger partial charge in [0.15, 0.2) is 0 Å². The van der Waals surface area contributed by atoms with Crippen molar-refractivity contribution < 1.29 is 17.9 Å². The SMILES string of the molecule is C=CC(=O)Nc1ccc(S(=O)(=O)N2CCCC2)c(OC)c1. The lowest BCUT2D eigenvalue weighted by Gasteiger charge is -2.18. The van der Waals surface area contributed by atoms with Crippen LogP contribution in [0.25, 0.3) is 0 Å². The molecule has 1 fully saturated rings. The Hall–Kier alpha value is -1.86. The monoisotopic (exact) mass is 310 g/mol. The van der Waals surface area contributed by atoms with Crippen LogP contribution in [-0.2, 0) is 14.8 Å². The van der Waals surface area contributed by atoms with Crippen molar-refractivity contribution in [3.63, 3.8) is 0 Å². The van der Waals surface area contributed by atoms with Crippen LogP contribution in [0.2, 0.25) is 0 Å². The van der Waals surface area contributed by atoms with Crippen LogP contribution in [0.4, 0.5) is 5.69 Å². The molecule has 0 aliphatic carbocycles. The Balaban J connectivity index is 2.36. The zero-order valence-corrected chi connectivity index (χ0v) is 12.6. The summed E-state index contributed by atoms with van der Waals surface area (Å²) in [6, 6.07) is 4.47. The van der Waals surface area contributed by atoms with Crippen LogP contribution in [0.5, 0.6) is 5.75 Å². The third-order valence-corrected chi connectivity index (χ3v) is 5.24. The van der Waals surface area contributed by atoms with Crippen molar-refractivity contribution in [2.75, 3.05) is 25.5 Å². The first-order chi connectivity index (χ1) is 9.98. The standard InChI is InChI=1S/C14H18N2O4S/c1-3-14(17)15-11-6-7-13(12(10-11)20-2)21(18,19)16-8-4-5-9-16/h3,6-7,10H,1,4-5,8-9H2,2H3,(H,15,17). The Kier molecular flexibility index (Phi) is 4.64. The van der Waals surface area contributed by atoms with Gasteiger partial charge in [0.1, 0.15) is 10.6 Å². The van der Waals surface area contributed by atoms with Crippen molar-refractivity contribution in [2.24, 2.45) is 0 Å². The van der Waals surface area contributed by atoms with Crippen molar-refractivity contribution in [1.29, 1.82) is 0 Å². The highest BCUT2D eigenvalue weighted by Crippen LogP contribution is 2.31. The fourth-order valence-electron chi connectivity index (χ4n) is 2.22. The maximum Gasteiger partial charge on any atom is 0.247 e. The van der Waals surface area contributed by atoms with E-state index in [0.717, 1.165) is 18.9 Å². The number of hydrogen-bond acceptors (Lipinski definition) is 4. The van der Waals surface area contributed by atoms with Gasteiger partial charge in [0.05, 0.1) is 7.11 Å². The van der Waals surface area contributed by atoms with Crippen molar-refractivity contribution in [3.8, 4) is 5.75 Å². The van der Waals surface area contributed by atoms with Crippen molar-refractivity contribution in [3.05, 3.63) is 30.9 Å². The molecule has 1 aliphatic heterocycles. The van der Waals surface area contributed by atoms with Crippen molar-refractivity contribution in [1.82, 2.24) is 4.31 Å². The maximum absolute atomic E-state index is 12.5. The number of ether oxygens (including phenoxy) is 1. The zero-order valence-electron chi connectivity index (χ0n) is 11.8. The molecule has 0 bridgehead atoms. The van der Waals surface area contributed by atoms with E-state index in [-0.39, 0.29) is 16.6 Å². The van der Waals surface area contributed by atoms with Gasteiger partial charge in [-0.3, -0.25) is 4.79 Å². The van der Waals surface area contributed by atoms with E-state index >= 15 is 0 Å². The second-order valence-electron chi connectivity index (χ2n) is 4.67. The van der Waals surface area contributed by atoms with Gasteiger partial charge in [-0.15, -0.1) is 0 Å². The first-order valence-electron chi connectivity index (χ1n) is 6.60. The van der Waals surface area contributed by atoms with Crippen LogP contribution < -0.4 is 10.1 Å². The van der Waals surface area contributed by atoms with E-state index in [4.69, 9.17) is 4.74 Å². The minimum atomic E-state index is -3.56. The zero-order chi connectivity index (χ0) is 15.5. The normalized spacial score (nSPS) is 15.7. The summed E-state index contributed by atoms with van der Waals surface area (Å²) in [6.45, 7) is 4.42. The summed E-state index contributed by atoms with van der Waals surface area (Å²) in [4.78, 5) is 11.4. The highest BCUT2D eigenvalue weighted by atomic mass is 32.2. The number of sulfonamides is 1. The topological polar surface area (TPSA) is 75.7 Å². The Bertz CT molecular complexity index is 649. The highest BCUT2D eigenvalue weighted by Gasteiger charge is 2.29. The predicted octanol–water partition coefficient (Wildman–Crippen LogP) is 1.60. The van der Waals surface area contributed by atoms with Gasteiger partial charge in [0, 0.05) is 24.8 Å². The molecule has 0 atom stereocenters. The van der Waals surface area contributed by atoms with Gasteiger partial charge < -0.3 is 10.1 Å². The van der Waals surface area contributed by atoms with Crippen LogP contribution in [0.15, 0.2) is 35.7 Å². The number of nitrogens with one attached hydrogen (secondary N) is 1. The number of carbonyl (C=O) groups excluding carboxylic acids is 1. The molecule has 1 aromatic rings. The minimum absolute atomic E-state index is 0.114. The average Bonchev–Trinajstić information content (AvgIpc) is 3.01. The molecule has 1 aromatic carbocycles. The van der Waals surface area contributed by atoms with E-state index in [1.165, 1.54) is 29.6 Å². The maximum atomic E-state index is 12.5. The smallest absolute Gasteiger partial charge is 0.247 e. The molecular formula is C14H18N2O4S. The highest BCUT2D eigenvalue weighted by molar-refractivity contribution is 7.89.